The van der Waals surface area contributed by atoms with E-state index in [0.717, 1.165) is 17.6 Å². The van der Waals surface area contributed by atoms with Crippen molar-refractivity contribution < 1.29 is 14.1 Å². The monoisotopic (exact) mass is 350 g/mol. The van der Waals surface area contributed by atoms with Gasteiger partial charge in [0, 0.05) is 16.7 Å². The number of benzene rings is 2. The molecule has 130 valence electrons. The summed E-state index contributed by atoms with van der Waals surface area (Å²) in [5.74, 6) is 0.427. The molecule has 1 heterocycles. The number of aryl methyl sites for hydroxylation is 1. The van der Waals surface area contributed by atoms with E-state index in [2.05, 4.69) is 15.1 Å². The number of aliphatic imine (C=N–C) groups is 1. The number of rotatable bonds is 4. The highest BCUT2D eigenvalue weighted by Crippen LogP contribution is 2.37. The summed E-state index contributed by atoms with van der Waals surface area (Å²) in [6.07, 6.45) is 2.71. The first-order chi connectivity index (χ1) is 12.8. The first-order valence-corrected chi connectivity index (χ1v) is 8.10. The summed E-state index contributed by atoms with van der Waals surface area (Å²) < 4.78 is 18.5. The Morgan fingerprint density at radius 2 is 1.92 bits per heavy atom. The normalized spacial score (nSPS) is 13.9. The number of nitrogens with zero attached hydrogens (tertiary/aromatic N) is 3. The molecule has 26 heavy (non-hydrogen) atoms. The van der Waals surface area contributed by atoms with Crippen LogP contribution in [0.1, 0.15) is 23.4 Å². The number of nitrogens with one attached hydrogen (secondary N) is 1. The van der Waals surface area contributed by atoms with Crippen molar-refractivity contribution in [3.63, 3.8) is 0 Å². The molecule has 7 heteroatoms. The van der Waals surface area contributed by atoms with Gasteiger partial charge in [-0.15, -0.1) is 0 Å². The minimum absolute atomic E-state index is 0.322. The van der Waals surface area contributed by atoms with Gasteiger partial charge in [0.15, 0.2) is 0 Å². The molecule has 0 saturated heterocycles. The second kappa shape index (κ2) is 6.89. The second-order valence-corrected chi connectivity index (χ2v) is 5.80. The second-order valence-electron chi connectivity index (χ2n) is 5.80. The number of allylic oxidation sites excluding steroid dienone is 1. The van der Waals surface area contributed by atoms with Gasteiger partial charge in [0.1, 0.15) is 12.2 Å². The van der Waals surface area contributed by atoms with Crippen LogP contribution in [0.3, 0.4) is 0 Å². The molecule has 1 aliphatic rings. The third-order valence-electron chi connectivity index (χ3n) is 4.24. The van der Waals surface area contributed by atoms with Crippen LogP contribution in [0.2, 0.25) is 0 Å². The molecular formula is C19H15FN4O2. The number of hydrogen-bond donors (Lipinski definition) is 2. The molecule has 6 nitrogen and oxygen atoms in total. The summed E-state index contributed by atoms with van der Waals surface area (Å²) in [5, 5.41) is 12.9. The predicted octanol–water partition coefficient (Wildman–Crippen LogP) is 3.70. The molecule has 2 N–H and O–H groups in total. The maximum absolute atomic E-state index is 13.1. The maximum Gasteiger partial charge on any atom is 0.256 e. The van der Waals surface area contributed by atoms with Gasteiger partial charge in [-0.3, -0.25) is 10.7 Å². The van der Waals surface area contributed by atoms with Crippen molar-refractivity contribution in [3.05, 3.63) is 71.4 Å². The summed E-state index contributed by atoms with van der Waals surface area (Å²) in [7, 11) is 0. The summed E-state index contributed by atoms with van der Waals surface area (Å²) in [6.45, 7) is 0. The standard InChI is InChI=1S/C19H15FN4O2/c20-14-8-5-13(6-9-14)18-23-19(26-24-18)16-10-7-12-3-1-2-4-15(12)17(16)21-11-22-25/h1-6,8-9,11,25H,7,10H2,(H,21,22). The van der Waals surface area contributed by atoms with Crippen molar-refractivity contribution >= 4 is 17.6 Å². The van der Waals surface area contributed by atoms with Crippen molar-refractivity contribution in [2.75, 3.05) is 0 Å². The van der Waals surface area contributed by atoms with Crippen molar-refractivity contribution in [1.29, 1.82) is 0 Å². The predicted molar refractivity (Wildman–Crippen MR) is 94.7 cm³/mol. The Morgan fingerprint density at radius 3 is 2.73 bits per heavy atom. The lowest BCUT2D eigenvalue weighted by atomic mass is 9.89. The lowest BCUT2D eigenvalue weighted by Crippen LogP contribution is -2.07. The van der Waals surface area contributed by atoms with Crippen molar-refractivity contribution in [2.24, 2.45) is 4.99 Å². The van der Waals surface area contributed by atoms with E-state index in [1.165, 1.54) is 24.0 Å². The molecule has 1 aromatic heterocycles. The lowest BCUT2D eigenvalue weighted by molar-refractivity contribution is 0.240. The quantitative estimate of drug-likeness (QED) is 0.426. The summed E-state index contributed by atoms with van der Waals surface area (Å²) >= 11 is 0. The Morgan fingerprint density at radius 1 is 1.12 bits per heavy atom. The summed E-state index contributed by atoms with van der Waals surface area (Å²) in [6, 6.07) is 13.8. The summed E-state index contributed by atoms with van der Waals surface area (Å²) in [4.78, 5) is 8.76. The Kier molecular flexibility index (Phi) is 4.28. The van der Waals surface area contributed by atoms with E-state index < -0.39 is 0 Å². The van der Waals surface area contributed by atoms with Crippen LogP contribution in [0.25, 0.3) is 22.7 Å². The van der Waals surface area contributed by atoms with E-state index in [0.29, 0.717) is 29.4 Å². The van der Waals surface area contributed by atoms with E-state index in [1.54, 1.807) is 12.1 Å². The Labute approximate surface area is 148 Å². The molecule has 1 aliphatic carbocycles. The van der Waals surface area contributed by atoms with E-state index in [9.17, 15) is 4.39 Å². The van der Waals surface area contributed by atoms with Crippen LogP contribution in [0.15, 0.2) is 58.0 Å². The fourth-order valence-corrected chi connectivity index (χ4v) is 3.02. The topological polar surface area (TPSA) is 83.5 Å². The van der Waals surface area contributed by atoms with Gasteiger partial charge in [-0.1, -0.05) is 29.4 Å². The molecule has 0 aliphatic heterocycles. The minimum Gasteiger partial charge on any atom is -0.334 e. The molecule has 0 fully saturated rings. The zero-order chi connectivity index (χ0) is 17.9. The number of hydroxylamine groups is 1. The fourth-order valence-electron chi connectivity index (χ4n) is 3.02. The van der Waals surface area contributed by atoms with Gasteiger partial charge >= 0.3 is 0 Å². The van der Waals surface area contributed by atoms with Gasteiger partial charge in [0.25, 0.3) is 5.89 Å². The van der Waals surface area contributed by atoms with E-state index in [4.69, 9.17) is 9.73 Å². The molecule has 0 radical (unpaired) electrons. The molecule has 0 unspecified atom stereocenters. The van der Waals surface area contributed by atoms with Crippen LogP contribution in [-0.4, -0.2) is 21.7 Å². The van der Waals surface area contributed by atoms with Gasteiger partial charge in [-0.05, 0) is 42.7 Å². The third-order valence-corrected chi connectivity index (χ3v) is 4.24. The van der Waals surface area contributed by atoms with Crippen molar-refractivity contribution in [2.45, 2.75) is 12.8 Å². The number of halogens is 1. The molecule has 3 aromatic rings. The average molecular weight is 350 g/mol. The first-order valence-electron chi connectivity index (χ1n) is 8.10. The lowest BCUT2D eigenvalue weighted by Gasteiger charge is -2.18. The van der Waals surface area contributed by atoms with Crippen LogP contribution in [0.5, 0.6) is 0 Å². The highest BCUT2D eigenvalue weighted by atomic mass is 19.1. The Balaban J connectivity index is 1.79. The third kappa shape index (κ3) is 3.00. The molecule has 0 amide bonds. The number of fused-ring (bicyclic) bond motifs is 1. The van der Waals surface area contributed by atoms with E-state index in [1.807, 2.05) is 29.7 Å². The Bertz CT molecular complexity index is 993. The van der Waals surface area contributed by atoms with Gasteiger partial charge < -0.3 is 4.52 Å². The van der Waals surface area contributed by atoms with Gasteiger partial charge in [0.05, 0.1) is 5.70 Å². The zero-order valence-corrected chi connectivity index (χ0v) is 13.7. The van der Waals surface area contributed by atoms with E-state index in [-0.39, 0.29) is 5.82 Å². The average Bonchev–Trinajstić information content (AvgIpc) is 3.16. The van der Waals surface area contributed by atoms with Gasteiger partial charge in [0.2, 0.25) is 5.82 Å². The minimum atomic E-state index is -0.322. The maximum atomic E-state index is 13.1. The largest absolute Gasteiger partial charge is 0.334 e. The van der Waals surface area contributed by atoms with Crippen molar-refractivity contribution in [3.8, 4) is 11.4 Å². The smallest absolute Gasteiger partial charge is 0.256 e. The number of aromatic nitrogens is 2. The van der Waals surface area contributed by atoms with E-state index >= 15 is 0 Å². The van der Waals surface area contributed by atoms with Gasteiger partial charge in [-0.2, -0.15) is 4.98 Å². The van der Waals surface area contributed by atoms with Crippen molar-refractivity contribution in [1.82, 2.24) is 15.6 Å². The molecule has 0 bridgehead atoms. The zero-order valence-electron chi connectivity index (χ0n) is 13.7. The SMILES string of the molecule is ONC=NC1=C(c2nc(-c3ccc(F)cc3)no2)CCc2ccccc21. The summed E-state index contributed by atoms with van der Waals surface area (Å²) in [5.41, 5.74) is 6.19. The fraction of sp³-hybridized carbons (Fsp3) is 0.105. The highest BCUT2D eigenvalue weighted by molar-refractivity contribution is 5.93. The highest BCUT2D eigenvalue weighted by Gasteiger charge is 2.23. The first kappa shape index (κ1) is 16.2. The molecule has 2 aromatic carbocycles. The van der Waals surface area contributed by atoms with Crippen LogP contribution in [0.4, 0.5) is 4.39 Å². The molecule has 0 atom stereocenters. The molecule has 0 spiro atoms. The Hall–Kier alpha value is -3.32. The van der Waals surface area contributed by atoms with Crippen LogP contribution in [-0.2, 0) is 6.42 Å². The number of hydrogen-bond acceptors (Lipinski definition) is 5. The van der Waals surface area contributed by atoms with Crippen LogP contribution in [0, 0.1) is 5.82 Å². The van der Waals surface area contributed by atoms with Gasteiger partial charge in [-0.25, -0.2) is 9.38 Å². The van der Waals surface area contributed by atoms with Crippen LogP contribution >= 0.6 is 0 Å². The molecule has 4 rings (SSSR count). The molecular weight excluding hydrogens is 335 g/mol. The molecule has 0 saturated carbocycles. The van der Waals surface area contributed by atoms with Crippen LogP contribution < -0.4 is 5.48 Å².